The van der Waals surface area contributed by atoms with Gasteiger partial charge in [-0.1, -0.05) is 38.8 Å². The topological polar surface area (TPSA) is 98.2 Å². The molecule has 2 heterocycles. The number of sulfonamides is 1. The highest BCUT2D eigenvalue weighted by Crippen LogP contribution is 2.34. The molecule has 0 aliphatic rings. The quantitative estimate of drug-likeness (QED) is 0.289. The minimum Gasteiger partial charge on any atom is -0.451 e. The number of aromatic nitrogens is 2. The lowest BCUT2D eigenvalue weighted by atomic mass is 10.1. The van der Waals surface area contributed by atoms with Crippen molar-refractivity contribution in [1.29, 1.82) is 0 Å². The molecule has 0 fully saturated rings. The van der Waals surface area contributed by atoms with E-state index in [-0.39, 0.29) is 10.8 Å². The van der Waals surface area contributed by atoms with Gasteiger partial charge in [-0.05, 0) is 68.4 Å². The molecule has 166 valence electrons. The number of rotatable bonds is 5. The van der Waals surface area contributed by atoms with Crippen LogP contribution < -0.4 is 4.72 Å². The zero-order valence-electron chi connectivity index (χ0n) is 17.7. The molecule has 0 saturated heterocycles. The van der Waals surface area contributed by atoms with E-state index < -0.39 is 10.0 Å². The van der Waals surface area contributed by atoms with Crippen LogP contribution in [0.2, 0.25) is 0 Å². The van der Waals surface area contributed by atoms with Crippen LogP contribution in [0.25, 0.3) is 34.0 Å². The van der Waals surface area contributed by atoms with E-state index in [1.807, 2.05) is 50.2 Å². The minimum absolute atomic E-state index is 0.132. The second-order valence-corrected chi connectivity index (χ2v) is 10.2. The lowest BCUT2D eigenvalue weighted by molar-refractivity contribution is 0.419. The standard InChI is InChI=1S/C24H18BrN3O4S/c1-14-3-9-18(10-4-14)28-33(29,30)19-11-12-21-20(13-19)15(2)22(31-21)24-26-23(27-32-24)16-5-7-17(25)8-6-16/h3-13,28H,1-2H3. The van der Waals surface area contributed by atoms with E-state index in [4.69, 9.17) is 8.94 Å². The SMILES string of the molecule is Cc1ccc(NS(=O)(=O)c2ccc3oc(-c4nc(-c5ccc(Br)cc5)no4)c(C)c3c2)cc1. The molecule has 0 spiro atoms. The van der Waals surface area contributed by atoms with Crippen LogP contribution in [-0.4, -0.2) is 18.6 Å². The molecule has 0 atom stereocenters. The van der Waals surface area contributed by atoms with Crippen LogP contribution in [0, 0.1) is 13.8 Å². The van der Waals surface area contributed by atoms with Gasteiger partial charge in [-0.15, -0.1) is 0 Å². The van der Waals surface area contributed by atoms with Crippen molar-refractivity contribution in [2.24, 2.45) is 0 Å². The Balaban J connectivity index is 1.49. The predicted molar refractivity (Wildman–Crippen MR) is 129 cm³/mol. The molecule has 9 heteroatoms. The van der Waals surface area contributed by atoms with Gasteiger partial charge in [-0.3, -0.25) is 4.72 Å². The average Bonchev–Trinajstić information content (AvgIpc) is 3.40. The Hall–Kier alpha value is -3.43. The maximum absolute atomic E-state index is 12.9. The summed E-state index contributed by atoms with van der Waals surface area (Å²) in [6.45, 7) is 3.77. The number of nitrogens with zero attached hydrogens (tertiary/aromatic N) is 2. The summed E-state index contributed by atoms with van der Waals surface area (Å²) in [6.07, 6.45) is 0. The molecule has 0 radical (unpaired) electrons. The fraction of sp³-hybridized carbons (Fsp3) is 0.0833. The minimum atomic E-state index is -3.77. The third-order valence-electron chi connectivity index (χ3n) is 5.24. The highest BCUT2D eigenvalue weighted by Gasteiger charge is 2.22. The number of aryl methyl sites for hydroxylation is 2. The van der Waals surface area contributed by atoms with Crippen molar-refractivity contribution in [2.75, 3.05) is 4.72 Å². The fourth-order valence-electron chi connectivity index (χ4n) is 3.44. The van der Waals surface area contributed by atoms with Crippen LogP contribution in [0.15, 0.2) is 85.0 Å². The van der Waals surface area contributed by atoms with Crippen LogP contribution >= 0.6 is 15.9 Å². The van der Waals surface area contributed by atoms with Gasteiger partial charge in [0.15, 0.2) is 5.76 Å². The summed E-state index contributed by atoms with van der Waals surface area (Å²) < 4.78 is 40.8. The van der Waals surface area contributed by atoms with Crippen molar-refractivity contribution in [2.45, 2.75) is 18.7 Å². The molecular formula is C24H18BrN3O4S. The van der Waals surface area contributed by atoms with Crippen LogP contribution in [0.3, 0.4) is 0 Å². The zero-order valence-corrected chi connectivity index (χ0v) is 20.1. The lowest BCUT2D eigenvalue weighted by Crippen LogP contribution is -2.12. The summed E-state index contributed by atoms with van der Waals surface area (Å²) in [7, 11) is -3.77. The Labute approximate surface area is 198 Å². The normalized spacial score (nSPS) is 11.7. The van der Waals surface area contributed by atoms with Crippen LogP contribution in [-0.2, 0) is 10.0 Å². The average molecular weight is 524 g/mol. The number of fused-ring (bicyclic) bond motifs is 1. The zero-order chi connectivity index (χ0) is 23.2. The van der Waals surface area contributed by atoms with Gasteiger partial charge < -0.3 is 8.94 Å². The summed E-state index contributed by atoms with van der Waals surface area (Å²) in [5, 5.41) is 4.70. The Kier molecular flexibility index (Phi) is 5.30. The third kappa shape index (κ3) is 4.17. The Morgan fingerprint density at radius 2 is 1.67 bits per heavy atom. The molecular weight excluding hydrogens is 506 g/mol. The molecule has 0 aliphatic heterocycles. The van der Waals surface area contributed by atoms with E-state index in [0.717, 1.165) is 15.6 Å². The van der Waals surface area contributed by atoms with Crippen LogP contribution in [0.4, 0.5) is 5.69 Å². The van der Waals surface area contributed by atoms with E-state index in [2.05, 4.69) is 30.8 Å². The van der Waals surface area contributed by atoms with Crippen molar-refractivity contribution in [3.8, 4) is 23.0 Å². The largest absolute Gasteiger partial charge is 0.451 e. The van der Waals surface area contributed by atoms with Gasteiger partial charge in [0.25, 0.3) is 15.9 Å². The molecule has 1 N–H and O–H groups in total. The molecule has 0 amide bonds. The molecule has 5 aromatic rings. The molecule has 5 rings (SSSR count). The molecule has 0 unspecified atom stereocenters. The summed E-state index contributed by atoms with van der Waals surface area (Å²) >= 11 is 3.40. The maximum Gasteiger partial charge on any atom is 0.294 e. The number of hydrogen-bond donors (Lipinski definition) is 1. The first-order chi connectivity index (χ1) is 15.8. The van der Waals surface area contributed by atoms with Gasteiger partial charge in [0, 0.05) is 26.7 Å². The number of benzene rings is 3. The van der Waals surface area contributed by atoms with Crippen LogP contribution in [0.1, 0.15) is 11.1 Å². The van der Waals surface area contributed by atoms with Gasteiger partial charge in [-0.25, -0.2) is 8.42 Å². The van der Waals surface area contributed by atoms with Crippen molar-refractivity contribution < 1.29 is 17.4 Å². The molecule has 0 saturated carbocycles. The molecule has 2 aromatic heterocycles. The van der Waals surface area contributed by atoms with Crippen molar-refractivity contribution in [3.63, 3.8) is 0 Å². The summed E-state index contributed by atoms with van der Waals surface area (Å²) in [5.74, 6) is 1.06. The Bertz CT molecular complexity index is 1570. The number of anilines is 1. The molecule has 7 nitrogen and oxygen atoms in total. The lowest BCUT2D eigenvalue weighted by Gasteiger charge is -2.08. The highest BCUT2D eigenvalue weighted by molar-refractivity contribution is 9.10. The third-order valence-corrected chi connectivity index (χ3v) is 7.15. The Morgan fingerprint density at radius 1 is 0.939 bits per heavy atom. The molecule has 33 heavy (non-hydrogen) atoms. The number of halogens is 1. The summed E-state index contributed by atoms with van der Waals surface area (Å²) in [6, 6.07) is 19.4. The van der Waals surface area contributed by atoms with Gasteiger partial charge in [-0.2, -0.15) is 4.98 Å². The molecule has 0 aliphatic carbocycles. The Morgan fingerprint density at radius 3 is 2.39 bits per heavy atom. The van der Waals surface area contributed by atoms with Gasteiger partial charge in [0.05, 0.1) is 4.90 Å². The van der Waals surface area contributed by atoms with Crippen LogP contribution in [0.5, 0.6) is 0 Å². The maximum atomic E-state index is 12.9. The van der Waals surface area contributed by atoms with Crippen molar-refractivity contribution in [1.82, 2.24) is 10.1 Å². The van der Waals surface area contributed by atoms with Crippen molar-refractivity contribution in [3.05, 3.63) is 82.3 Å². The van der Waals surface area contributed by atoms with Gasteiger partial charge in [0.1, 0.15) is 5.58 Å². The first-order valence-corrected chi connectivity index (χ1v) is 12.3. The van der Waals surface area contributed by atoms with E-state index in [1.165, 1.54) is 6.07 Å². The predicted octanol–water partition coefficient (Wildman–Crippen LogP) is 6.33. The highest BCUT2D eigenvalue weighted by atomic mass is 79.9. The summed E-state index contributed by atoms with van der Waals surface area (Å²) in [4.78, 5) is 4.58. The fourth-order valence-corrected chi connectivity index (χ4v) is 4.79. The number of hydrogen-bond acceptors (Lipinski definition) is 6. The first kappa shape index (κ1) is 21.4. The monoisotopic (exact) mass is 523 g/mol. The van der Waals surface area contributed by atoms with E-state index in [1.54, 1.807) is 24.3 Å². The molecule has 0 bridgehead atoms. The van der Waals surface area contributed by atoms with Gasteiger partial charge in [0.2, 0.25) is 5.82 Å². The summed E-state index contributed by atoms with van der Waals surface area (Å²) in [5.41, 5.74) is 3.59. The van der Waals surface area contributed by atoms with E-state index in [0.29, 0.717) is 33.8 Å². The number of furan rings is 1. The van der Waals surface area contributed by atoms with E-state index in [9.17, 15) is 8.42 Å². The molecule has 3 aromatic carbocycles. The van der Waals surface area contributed by atoms with Crippen molar-refractivity contribution >= 4 is 42.6 Å². The first-order valence-electron chi connectivity index (χ1n) is 10.0. The van der Waals surface area contributed by atoms with E-state index >= 15 is 0 Å². The smallest absolute Gasteiger partial charge is 0.294 e. The second kappa shape index (κ2) is 8.17. The second-order valence-electron chi connectivity index (χ2n) is 7.62. The number of nitrogens with one attached hydrogen (secondary N) is 1. The van der Waals surface area contributed by atoms with Gasteiger partial charge >= 0.3 is 0 Å².